The predicted molar refractivity (Wildman–Crippen MR) is 69.9 cm³/mol. The van der Waals surface area contributed by atoms with Crippen molar-refractivity contribution < 1.29 is 19.5 Å². The lowest BCUT2D eigenvalue weighted by Crippen LogP contribution is -2.29. The summed E-state index contributed by atoms with van der Waals surface area (Å²) >= 11 is 0. The van der Waals surface area contributed by atoms with Crippen molar-refractivity contribution in [2.45, 2.75) is 6.92 Å². The van der Waals surface area contributed by atoms with Gasteiger partial charge in [0.2, 0.25) is 5.91 Å². The van der Waals surface area contributed by atoms with Gasteiger partial charge >= 0.3 is 5.97 Å². The minimum Gasteiger partial charge on any atom is -0.480 e. The smallest absolute Gasteiger partial charge is 0.322 e. The van der Waals surface area contributed by atoms with E-state index in [1.165, 1.54) is 18.2 Å². The molecule has 100 valence electrons. The van der Waals surface area contributed by atoms with Crippen molar-refractivity contribution in [3.63, 3.8) is 0 Å². The minimum atomic E-state index is -1.11. The van der Waals surface area contributed by atoms with Gasteiger partial charge in [0.1, 0.15) is 6.54 Å². The fraction of sp³-hybridized carbons (Fsp3) is 0.154. The Morgan fingerprint density at radius 1 is 1.21 bits per heavy atom. The third kappa shape index (κ3) is 5.03. The molecule has 19 heavy (non-hydrogen) atoms. The summed E-state index contributed by atoms with van der Waals surface area (Å²) in [6.07, 6.45) is 3.00. The van der Waals surface area contributed by atoms with Crippen LogP contribution in [0.4, 0.5) is 5.69 Å². The Morgan fingerprint density at radius 2 is 1.84 bits per heavy atom. The Balaban J connectivity index is 2.63. The maximum absolute atomic E-state index is 11.5. The number of anilines is 1. The second kappa shape index (κ2) is 6.95. The average Bonchev–Trinajstić information content (AvgIpc) is 2.37. The molecule has 1 aromatic carbocycles. The average molecular weight is 262 g/mol. The van der Waals surface area contributed by atoms with Crippen molar-refractivity contribution in [3.05, 3.63) is 42.0 Å². The molecule has 0 aliphatic rings. The molecule has 2 amide bonds. The summed E-state index contributed by atoms with van der Waals surface area (Å²) in [5.41, 5.74) is 0.878. The number of amides is 2. The fourth-order valence-corrected chi connectivity index (χ4v) is 1.30. The Hall–Kier alpha value is -2.63. The van der Waals surface area contributed by atoms with Crippen molar-refractivity contribution in [2.24, 2.45) is 0 Å². The van der Waals surface area contributed by atoms with E-state index in [2.05, 4.69) is 10.6 Å². The van der Waals surface area contributed by atoms with Gasteiger partial charge in [-0.3, -0.25) is 14.4 Å². The van der Waals surface area contributed by atoms with Crippen LogP contribution in [0.15, 0.2) is 36.4 Å². The first-order valence-corrected chi connectivity index (χ1v) is 5.56. The third-order valence-corrected chi connectivity index (χ3v) is 2.13. The van der Waals surface area contributed by atoms with Gasteiger partial charge in [-0.15, -0.1) is 0 Å². The van der Waals surface area contributed by atoms with Gasteiger partial charge in [0.15, 0.2) is 0 Å². The molecule has 1 rings (SSSR count). The van der Waals surface area contributed by atoms with Gasteiger partial charge in [-0.2, -0.15) is 0 Å². The van der Waals surface area contributed by atoms with Gasteiger partial charge in [-0.25, -0.2) is 0 Å². The molecule has 0 saturated carbocycles. The van der Waals surface area contributed by atoms with Crippen LogP contribution in [0, 0.1) is 0 Å². The standard InChI is InChI=1S/C13H14N2O4/c1-2-3-11(16)15-10-6-4-9(5-7-10)13(19)14-8-12(17)18/h2-7H,8H2,1H3,(H,14,19)(H,15,16)(H,17,18)/b3-2+. The highest BCUT2D eigenvalue weighted by molar-refractivity contribution is 6.00. The van der Waals surface area contributed by atoms with Gasteiger partial charge in [0.25, 0.3) is 5.91 Å². The number of carboxylic acid groups (broad SMARTS) is 1. The lowest BCUT2D eigenvalue weighted by atomic mass is 10.2. The number of hydrogen-bond donors (Lipinski definition) is 3. The number of hydrogen-bond acceptors (Lipinski definition) is 3. The van der Waals surface area contributed by atoms with Crippen LogP contribution < -0.4 is 10.6 Å². The first-order chi connectivity index (χ1) is 9.02. The molecule has 0 aromatic heterocycles. The van der Waals surface area contributed by atoms with Crippen LogP contribution in [0.25, 0.3) is 0 Å². The number of nitrogens with one attached hydrogen (secondary N) is 2. The van der Waals surface area contributed by atoms with E-state index in [4.69, 9.17) is 5.11 Å². The molecular weight excluding hydrogens is 248 g/mol. The molecule has 0 spiro atoms. The number of allylic oxidation sites excluding steroid dienone is 1. The zero-order valence-corrected chi connectivity index (χ0v) is 10.3. The van der Waals surface area contributed by atoms with Crippen LogP contribution in [0.2, 0.25) is 0 Å². The summed E-state index contributed by atoms with van der Waals surface area (Å²) < 4.78 is 0. The van der Waals surface area contributed by atoms with E-state index in [-0.39, 0.29) is 5.91 Å². The van der Waals surface area contributed by atoms with E-state index in [1.54, 1.807) is 25.1 Å². The Labute approximate surface area is 110 Å². The monoisotopic (exact) mass is 262 g/mol. The molecule has 0 heterocycles. The quantitative estimate of drug-likeness (QED) is 0.690. The number of carboxylic acids is 1. The van der Waals surface area contributed by atoms with Crippen LogP contribution in [0.3, 0.4) is 0 Å². The lowest BCUT2D eigenvalue weighted by Gasteiger charge is -2.05. The van der Waals surface area contributed by atoms with Crippen molar-refractivity contribution in [1.29, 1.82) is 0 Å². The first-order valence-electron chi connectivity index (χ1n) is 5.56. The van der Waals surface area contributed by atoms with Gasteiger partial charge in [-0.1, -0.05) is 6.08 Å². The highest BCUT2D eigenvalue weighted by Crippen LogP contribution is 2.09. The molecule has 0 bridgehead atoms. The molecule has 0 radical (unpaired) electrons. The Bertz CT molecular complexity index is 506. The molecule has 0 aliphatic carbocycles. The van der Waals surface area contributed by atoms with Gasteiger partial charge in [0.05, 0.1) is 0 Å². The van der Waals surface area contributed by atoms with Crippen molar-refractivity contribution in [3.8, 4) is 0 Å². The van der Waals surface area contributed by atoms with Gasteiger partial charge in [-0.05, 0) is 37.3 Å². The molecule has 0 atom stereocenters. The van der Waals surface area contributed by atoms with Crippen LogP contribution in [-0.4, -0.2) is 29.4 Å². The Morgan fingerprint density at radius 3 is 2.37 bits per heavy atom. The summed E-state index contributed by atoms with van der Waals surface area (Å²) in [5, 5.41) is 13.3. The normalized spacial score (nSPS) is 10.2. The maximum atomic E-state index is 11.5. The molecule has 6 nitrogen and oxygen atoms in total. The first kappa shape index (κ1) is 14.4. The van der Waals surface area contributed by atoms with Gasteiger partial charge < -0.3 is 15.7 Å². The Kier molecular flexibility index (Phi) is 5.28. The van der Waals surface area contributed by atoms with Crippen LogP contribution in [-0.2, 0) is 9.59 Å². The van der Waals surface area contributed by atoms with Gasteiger partial charge in [0, 0.05) is 11.3 Å². The van der Waals surface area contributed by atoms with Crippen molar-refractivity contribution in [2.75, 3.05) is 11.9 Å². The van der Waals surface area contributed by atoms with Crippen LogP contribution in [0.1, 0.15) is 17.3 Å². The van der Waals surface area contributed by atoms with E-state index in [0.29, 0.717) is 11.3 Å². The van der Waals surface area contributed by atoms with E-state index < -0.39 is 18.4 Å². The summed E-state index contributed by atoms with van der Waals surface area (Å²) in [4.78, 5) is 33.1. The van der Waals surface area contributed by atoms with Crippen LogP contribution in [0.5, 0.6) is 0 Å². The van der Waals surface area contributed by atoms with Crippen molar-refractivity contribution in [1.82, 2.24) is 5.32 Å². The molecule has 0 fully saturated rings. The molecule has 3 N–H and O–H groups in total. The second-order valence-electron chi connectivity index (χ2n) is 3.64. The van der Waals surface area contributed by atoms with E-state index in [9.17, 15) is 14.4 Å². The summed E-state index contributed by atoms with van der Waals surface area (Å²) in [6.45, 7) is 1.30. The summed E-state index contributed by atoms with van der Waals surface area (Å²) in [5.74, 6) is -1.84. The highest BCUT2D eigenvalue weighted by atomic mass is 16.4. The van der Waals surface area contributed by atoms with E-state index >= 15 is 0 Å². The zero-order valence-electron chi connectivity index (χ0n) is 10.3. The van der Waals surface area contributed by atoms with E-state index in [0.717, 1.165) is 0 Å². The third-order valence-electron chi connectivity index (χ3n) is 2.13. The van der Waals surface area contributed by atoms with Crippen molar-refractivity contribution >= 4 is 23.5 Å². The number of aliphatic carboxylic acids is 1. The minimum absolute atomic E-state index is 0.259. The number of carbonyl (C=O) groups is 3. The molecule has 1 aromatic rings. The van der Waals surface area contributed by atoms with E-state index in [1.807, 2.05) is 0 Å². The SMILES string of the molecule is C/C=C/C(=O)Nc1ccc(C(=O)NCC(=O)O)cc1. The molecular formula is C13H14N2O4. The van der Waals surface area contributed by atoms with Crippen LogP contribution >= 0.6 is 0 Å². The zero-order chi connectivity index (χ0) is 14.3. The summed E-state index contributed by atoms with van der Waals surface area (Å²) in [6, 6.07) is 6.14. The second-order valence-corrected chi connectivity index (χ2v) is 3.64. The maximum Gasteiger partial charge on any atom is 0.322 e. The highest BCUT2D eigenvalue weighted by Gasteiger charge is 2.07. The fourth-order valence-electron chi connectivity index (χ4n) is 1.30. The topological polar surface area (TPSA) is 95.5 Å². The number of rotatable bonds is 5. The molecule has 6 heteroatoms. The predicted octanol–water partition coefficient (Wildman–Crippen LogP) is 1.02. The molecule has 0 aliphatic heterocycles. The molecule has 0 unspecified atom stereocenters. The summed E-state index contributed by atoms with van der Waals surface area (Å²) in [7, 11) is 0. The lowest BCUT2D eigenvalue weighted by molar-refractivity contribution is -0.135. The largest absolute Gasteiger partial charge is 0.480 e. The number of carbonyl (C=O) groups excluding carboxylic acids is 2. The number of benzene rings is 1. The molecule has 0 saturated heterocycles.